The van der Waals surface area contributed by atoms with Gasteiger partial charge in [-0.3, -0.25) is 9.59 Å². The van der Waals surface area contributed by atoms with Gasteiger partial charge in [0.2, 0.25) is 15.8 Å². The van der Waals surface area contributed by atoms with Crippen LogP contribution in [0.1, 0.15) is 28.2 Å². The van der Waals surface area contributed by atoms with Crippen LogP contribution in [0.3, 0.4) is 0 Å². The minimum atomic E-state index is -3.74. The number of nitrogens with one attached hydrogen (secondary N) is 1. The Morgan fingerprint density at radius 1 is 1.19 bits per heavy atom. The summed E-state index contributed by atoms with van der Waals surface area (Å²) in [5, 5.41) is 0.422. The minimum Gasteiger partial charge on any atom is -0.457 e. The molecule has 1 heterocycles. The topological polar surface area (TPSA) is 94.5 Å². The Morgan fingerprint density at radius 3 is 2.37 bits per heavy atom. The van der Waals surface area contributed by atoms with Gasteiger partial charge in [0.25, 0.3) is 0 Å². The lowest BCUT2D eigenvalue weighted by molar-refractivity contribution is -0.142. The van der Waals surface area contributed by atoms with Gasteiger partial charge >= 0.3 is 5.97 Å². The van der Waals surface area contributed by atoms with Gasteiger partial charge in [-0.1, -0.05) is 11.6 Å². The predicted molar refractivity (Wildman–Crippen MR) is 101 cm³/mol. The molecule has 0 aliphatic heterocycles. The van der Waals surface area contributed by atoms with Gasteiger partial charge in [0.1, 0.15) is 0 Å². The molecule has 9 heteroatoms. The zero-order valence-electron chi connectivity index (χ0n) is 15.3. The third-order valence-electron chi connectivity index (χ3n) is 4.18. The fourth-order valence-corrected chi connectivity index (χ4v) is 3.58. The number of benzene rings is 1. The number of ketones is 1. The molecule has 7 nitrogen and oxygen atoms in total. The summed E-state index contributed by atoms with van der Waals surface area (Å²) in [5.74, 6) is -0.959. The molecule has 0 unspecified atom stereocenters. The first kappa shape index (κ1) is 21.1. The molecule has 2 aromatic rings. The van der Waals surface area contributed by atoms with E-state index in [1.807, 2.05) is 25.5 Å². The summed E-state index contributed by atoms with van der Waals surface area (Å²) in [4.78, 5) is 24.0. The quantitative estimate of drug-likeness (QED) is 0.530. The molecule has 0 aliphatic rings. The molecule has 0 amide bonds. The second-order valence-electron chi connectivity index (χ2n) is 6.03. The number of carbonyl (C=O) groups excluding carboxylic acids is 2. The maximum Gasteiger partial charge on any atom is 0.307 e. The van der Waals surface area contributed by atoms with Crippen molar-refractivity contribution in [2.45, 2.75) is 25.2 Å². The third-order valence-corrected chi connectivity index (χ3v) is 5.91. The number of esters is 1. The number of Topliss-reactive ketones (excluding diaryl/α,β-unsaturated/α-hetero) is 1. The average molecular weight is 413 g/mol. The Labute approximate surface area is 163 Å². The van der Waals surface area contributed by atoms with Crippen LogP contribution in [0, 0.1) is 13.8 Å². The van der Waals surface area contributed by atoms with Crippen LogP contribution in [0.15, 0.2) is 35.2 Å². The SMILES string of the molecule is Cc1cc(C(=O)COC(=O)CCNS(=O)(=O)c2ccc(Cl)cc2)c(C)n1C. The maximum atomic E-state index is 12.2. The number of halogens is 1. The normalized spacial score (nSPS) is 11.4. The summed E-state index contributed by atoms with van der Waals surface area (Å²) < 4.78 is 33.3. The molecular weight excluding hydrogens is 392 g/mol. The number of sulfonamides is 1. The van der Waals surface area contributed by atoms with E-state index in [1.54, 1.807) is 6.07 Å². The molecule has 0 saturated heterocycles. The molecular formula is C18H21ClN2O5S. The number of nitrogens with zero attached hydrogens (tertiary/aromatic N) is 1. The summed E-state index contributed by atoms with van der Waals surface area (Å²) in [6.07, 6.45) is -0.188. The molecule has 0 saturated carbocycles. The van der Waals surface area contributed by atoms with Gasteiger partial charge in [0, 0.05) is 35.6 Å². The lowest BCUT2D eigenvalue weighted by Gasteiger charge is -2.07. The molecule has 0 radical (unpaired) electrons. The van der Waals surface area contributed by atoms with Crippen LogP contribution in [-0.2, 0) is 26.6 Å². The van der Waals surface area contributed by atoms with Crippen molar-refractivity contribution < 1.29 is 22.7 Å². The largest absolute Gasteiger partial charge is 0.457 e. The van der Waals surface area contributed by atoms with Crippen molar-refractivity contribution in [3.63, 3.8) is 0 Å². The Morgan fingerprint density at radius 2 is 1.81 bits per heavy atom. The molecule has 0 aliphatic carbocycles. The highest BCUT2D eigenvalue weighted by Crippen LogP contribution is 2.15. The van der Waals surface area contributed by atoms with Gasteiger partial charge in [0.15, 0.2) is 6.61 Å². The van der Waals surface area contributed by atoms with Crippen LogP contribution >= 0.6 is 11.6 Å². The fourth-order valence-electron chi connectivity index (χ4n) is 2.42. The second-order valence-corrected chi connectivity index (χ2v) is 8.23. The van der Waals surface area contributed by atoms with E-state index in [2.05, 4.69) is 4.72 Å². The molecule has 146 valence electrons. The van der Waals surface area contributed by atoms with Crippen molar-refractivity contribution in [3.05, 3.63) is 52.3 Å². The Hall–Kier alpha value is -2.16. The Bertz CT molecular complexity index is 949. The zero-order valence-corrected chi connectivity index (χ0v) is 16.9. The molecule has 27 heavy (non-hydrogen) atoms. The number of carbonyl (C=O) groups is 2. The summed E-state index contributed by atoms with van der Waals surface area (Å²) in [7, 11) is -1.89. The highest BCUT2D eigenvalue weighted by Gasteiger charge is 2.17. The Kier molecular flexibility index (Phi) is 6.80. The lowest BCUT2D eigenvalue weighted by atomic mass is 10.1. The summed E-state index contributed by atoms with van der Waals surface area (Å²) in [6, 6.07) is 7.40. The van der Waals surface area contributed by atoms with Gasteiger partial charge in [-0.25, -0.2) is 13.1 Å². The van der Waals surface area contributed by atoms with Crippen molar-refractivity contribution in [1.82, 2.24) is 9.29 Å². The average Bonchev–Trinajstić information content (AvgIpc) is 2.87. The van der Waals surface area contributed by atoms with E-state index in [1.165, 1.54) is 24.3 Å². The molecule has 0 bridgehead atoms. The first-order chi connectivity index (χ1) is 12.6. The van der Waals surface area contributed by atoms with Crippen molar-refractivity contribution in [2.75, 3.05) is 13.2 Å². The van der Waals surface area contributed by atoms with Gasteiger partial charge in [-0.15, -0.1) is 0 Å². The highest BCUT2D eigenvalue weighted by atomic mass is 35.5. The maximum absolute atomic E-state index is 12.2. The highest BCUT2D eigenvalue weighted by molar-refractivity contribution is 7.89. The molecule has 1 N–H and O–H groups in total. The smallest absolute Gasteiger partial charge is 0.307 e. The van der Waals surface area contributed by atoms with E-state index in [-0.39, 0.29) is 30.3 Å². The van der Waals surface area contributed by atoms with Crippen LogP contribution in [0.5, 0.6) is 0 Å². The van der Waals surface area contributed by atoms with Gasteiger partial charge in [0.05, 0.1) is 11.3 Å². The third kappa shape index (κ3) is 5.41. The Balaban J connectivity index is 1.81. The molecule has 2 rings (SSSR count). The van der Waals surface area contributed by atoms with E-state index in [0.717, 1.165) is 11.4 Å². The summed E-state index contributed by atoms with van der Waals surface area (Å²) in [5.41, 5.74) is 2.23. The standard InChI is InChI=1S/C18H21ClN2O5S/c1-12-10-16(13(2)21(12)3)17(22)11-26-18(23)8-9-20-27(24,25)15-6-4-14(19)5-7-15/h4-7,10,20H,8-9,11H2,1-3H3. The van der Waals surface area contributed by atoms with E-state index >= 15 is 0 Å². The van der Waals surface area contributed by atoms with Crippen molar-refractivity contribution in [2.24, 2.45) is 7.05 Å². The molecule has 0 atom stereocenters. The first-order valence-electron chi connectivity index (χ1n) is 8.19. The number of hydrogen-bond donors (Lipinski definition) is 1. The van der Waals surface area contributed by atoms with Crippen molar-refractivity contribution in [1.29, 1.82) is 0 Å². The lowest BCUT2D eigenvalue weighted by Crippen LogP contribution is -2.27. The van der Waals surface area contributed by atoms with Gasteiger partial charge in [-0.2, -0.15) is 0 Å². The molecule has 0 fully saturated rings. The van der Waals surface area contributed by atoms with Crippen LogP contribution in [0.2, 0.25) is 5.02 Å². The van der Waals surface area contributed by atoms with E-state index in [4.69, 9.17) is 16.3 Å². The summed E-state index contributed by atoms with van der Waals surface area (Å²) >= 11 is 5.73. The van der Waals surface area contributed by atoms with E-state index in [0.29, 0.717) is 10.6 Å². The van der Waals surface area contributed by atoms with Crippen molar-refractivity contribution >= 4 is 33.4 Å². The number of hydrogen-bond acceptors (Lipinski definition) is 5. The first-order valence-corrected chi connectivity index (χ1v) is 10.0. The number of aromatic nitrogens is 1. The van der Waals surface area contributed by atoms with Crippen LogP contribution in [0.25, 0.3) is 0 Å². The van der Waals surface area contributed by atoms with Crippen molar-refractivity contribution in [3.8, 4) is 0 Å². The fraction of sp³-hybridized carbons (Fsp3) is 0.333. The second kappa shape index (κ2) is 8.69. The van der Waals surface area contributed by atoms with E-state index in [9.17, 15) is 18.0 Å². The van der Waals surface area contributed by atoms with Gasteiger partial charge < -0.3 is 9.30 Å². The number of aryl methyl sites for hydroxylation is 1. The van der Waals surface area contributed by atoms with Crippen LogP contribution < -0.4 is 4.72 Å². The summed E-state index contributed by atoms with van der Waals surface area (Å²) in [6.45, 7) is 3.17. The van der Waals surface area contributed by atoms with E-state index < -0.39 is 16.0 Å². The van der Waals surface area contributed by atoms with Gasteiger partial charge in [-0.05, 0) is 44.2 Å². The predicted octanol–water partition coefficient (Wildman–Crippen LogP) is 2.39. The molecule has 1 aromatic carbocycles. The zero-order chi connectivity index (χ0) is 20.2. The minimum absolute atomic E-state index is 0.0466. The molecule has 1 aromatic heterocycles. The monoisotopic (exact) mass is 412 g/mol. The number of rotatable bonds is 8. The molecule has 0 spiro atoms. The number of ether oxygens (including phenoxy) is 1. The van der Waals surface area contributed by atoms with Crippen LogP contribution in [-0.4, -0.2) is 37.9 Å². The van der Waals surface area contributed by atoms with Crippen LogP contribution in [0.4, 0.5) is 0 Å².